The van der Waals surface area contributed by atoms with E-state index in [9.17, 15) is 4.79 Å². The van der Waals surface area contributed by atoms with Crippen LogP contribution in [0.2, 0.25) is 0 Å². The first kappa shape index (κ1) is 14.7. The van der Waals surface area contributed by atoms with Crippen LogP contribution in [-0.2, 0) is 9.53 Å². The normalized spacial score (nSPS) is 9.15. The van der Waals surface area contributed by atoms with E-state index in [0.29, 0.717) is 13.1 Å². The van der Waals surface area contributed by atoms with Crippen molar-refractivity contribution in [3.63, 3.8) is 0 Å². The van der Waals surface area contributed by atoms with Gasteiger partial charge in [-0.2, -0.15) is 0 Å². The monoisotopic (exact) mass is 186 g/mol. The molecule has 13 heavy (non-hydrogen) atoms. The fourth-order valence-corrected chi connectivity index (χ4v) is 0.747. The maximum absolute atomic E-state index is 9.18. The standard InChI is InChI=1S/C8H16.C3H6O2/c1-3-5-7-8-6-4-2;1-2-5-3-4/h3,5H,4,6-8H2,1-2H3;3H,2H2,1H3. The Labute approximate surface area is 82.0 Å². The van der Waals surface area contributed by atoms with E-state index in [0.717, 1.165) is 0 Å². The summed E-state index contributed by atoms with van der Waals surface area (Å²) in [6, 6.07) is 0. The van der Waals surface area contributed by atoms with Gasteiger partial charge in [0.25, 0.3) is 6.47 Å². The van der Waals surface area contributed by atoms with Gasteiger partial charge in [-0.3, -0.25) is 4.79 Å². The molecule has 0 unspecified atom stereocenters. The fraction of sp³-hybridized carbons (Fsp3) is 0.727. The largest absolute Gasteiger partial charge is 0.468 e. The van der Waals surface area contributed by atoms with Crippen LogP contribution in [-0.4, -0.2) is 13.1 Å². The molecule has 0 aliphatic rings. The summed E-state index contributed by atoms with van der Waals surface area (Å²) in [6.07, 6.45) is 9.69. The number of carbonyl (C=O) groups is 1. The summed E-state index contributed by atoms with van der Waals surface area (Å²) in [4.78, 5) is 9.18. The molecule has 0 radical (unpaired) electrons. The molecular formula is C11H22O2. The second-order valence-electron chi connectivity index (χ2n) is 2.62. The molecule has 0 aliphatic carbocycles. The van der Waals surface area contributed by atoms with Gasteiger partial charge in [0.15, 0.2) is 0 Å². The zero-order valence-electron chi connectivity index (χ0n) is 9.08. The molecule has 0 amide bonds. The molecule has 0 saturated heterocycles. The van der Waals surface area contributed by atoms with Crippen molar-refractivity contribution in [3.05, 3.63) is 12.2 Å². The molecule has 0 fully saturated rings. The molecule has 0 aliphatic heterocycles. The Bertz CT molecular complexity index is 109. The number of allylic oxidation sites excluding steroid dienone is 2. The first-order chi connectivity index (χ1) is 6.33. The Morgan fingerprint density at radius 1 is 1.23 bits per heavy atom. The minimum atomic E-state index is 0.431. The van der Waals surface area contributed by atoms with Gasteiger partial charge in [-0.05, 0) is 26.7 Å². The summed E-state index contributed by atoms with van der Waals surface area (Å²) >= 11 is 0. The topological polar surface area (TPSA) is 26.3 Å². The van der Waals surface area contributed by atoms with Crippen LogP contribution in [0.3, 0.4) is 0 Å². The lowest BCUT2D eigenvalue weighted by atomic mass is 10.2. The van der Waals surface area contributed by atoms with E-state index in [4.69, 9.17) is 0 Å². The van der Waals surface area contributed by atoms with Crippen LogP contribution in [0.15, 0.2) is 12.2 Å². The second-order valence-corrected chi connectivity index (χ2v) is 2.62. The van der Waals surface area contributed by atoms with Gasteiger partial charge in [0, 0.05) is 0 Å². The van der Waals surface area contributed by atoms with Crippen molar-refractivity contribution < 1.29 is 9.53 Å². The average Bonchev–Trinajstić information content (AvgIpc) is 2.15. The van der Waals surface area contributed by atoms with Crippen LogP contribution in [0.4, 0.5) is 0 Å². The Morgan fingerprint density at radius 3 is 2.23 bits per heavy atom. The maximum atomic E-state index is 9.18. The molecule has 0 rings (SSSR count). The van der Waals surface area contributed by atoms with Crippen LogP contribution in [0.25, 0.3) is 0 Å². The highest BCUT2D eigenvalue weighted by atomic mass is 16.5. The van der Waals surface area contributed by atoms with Crippen molar-refractivity contribution in [2.45, 2.75) is 46.5 Å². The van der Waals surface area contributed by atoms with Gasteiger partial charge < -0.3 is 4.74 Å². The maximum Gasteiger partial charge on any atom is 0.293 e. The number of hydrogen-bond donors (Lipinski definition) is 0. The molecule has 0 heterocycles. The molecule has 0 saturated carbocycles. The average molecular weight is 186 g/mol. The minimum absolute atomic E-state index is 0.431. The number of carbonyl (C=O) groups excluding carboxylic acids is 1. The lowest BCUT2D eigenvalue weighted by Gasteiger charge is -1.88. The molecule has 2 heteroatoms. The van der Waals surface area contributed by atoms with Crippen molar-refractivity contribution in [3.8, 4) is 0 Å². The number of unbranched alkanes of at least 4 members (excludes halogenated alkanes) is 3. The van der Waals surface area contributed by atoms with Crippen LogP contribution in [0, 0.1) is 0 Å². The van der Waals surface area contributed by atoms with E-state index < -0.39 is 0 Å². The van der Waals surface area contributed by atoms with Crippen molar-refractivity contribution in [2.24, 2.45) is 0 Å². The highest BCUT2D eigenvalue weighted by Gasteiger charge is 1.78. The third kappa shape index (κ3) is 24.7. The number of ether oxygens (including phenoxy) is 1. The van der Waals surface area contributed by atoms with E-state index in [2.05, 4.69) is 30.7 Å². The molecule has 0 aromatic heterocycles. The lowest BCUT2D eigenvalue weighted by molar-refractivity contribution is -0.128. The zero-order chi connectivity index (χ0) is 10.4. The summed E-state index contributed by atoms with van der Waals surface area (Å²) in [5.41, 5.74) is 0. The van der Waals surface area contributed by atoms with Gasteiger partial charge in [0.2, 0.25) is 0 Å². The van der Waals surface area contributed by atoms with Gasteiger partial charge >= 0.3 is 0 Å². The van der Waals surface area contributed by atoms with Gasteiger partial charge in [-0.15, -0.1) is 0 Å². The van der Waals surface area contributed by atoms with E-state index in [1.165, 1.54) is 25.7 Å². The Kier molecular flexibility index (Phi) is 19.6. The quantitative estimate of drug-likeness (QED) is 0.361. The summed E-state index contributed by atoms with van der Waals surface area (Å²) in [6.45, 7) is 6.97. The molecule has 0 spiro atoms. The molecule has 0 aromatic carbocycles. The highest BCUT2D eigenvalue weighted by molar-refractivity contribution is 5.36. The van der Waals surface area contributed by atoms with Crippen LogP contribution < -0.4 is 0 Å². The summed E-state index contributed by atoms with van der Waals surface area (Å²) in [5, 5.41) is 0. The predicted molar refractivity (Wildman–Crippen MR) is 56.6 cm³/mol. The first-order valence-corrected chi connectivity index (χ1v) is 4.99. The van der Waals surface area contributed by atoms with Crippen LogP contribution >= 0.6 is 0 Å². The van der Waals surface area contributed by atoms with Crippen LogP contribution in [0.1, 0.15) is 46.5 Å². The molecule has 78 valence electrons. The molecule has 0 N–H and O–H groups in total. The first-order valence-electron chi connectivity index (χ1n) is 4.99. The summed E-state index contributed by atoms with van der Waals surface area (Å²) in [5.74, 6) is 0. The number of rotatable bonds is 6. The van der Waals surface area contributed by atoms with Crippen molar-refractivity contribution in [1.29, 1.82) is 0 Å². The number of hydrogen-bond acceptors (Lipinski definition) is 2. The molecule has 0 atom stereocenters. The SMILES string of the molecule is CC=CCCCCC.CCOC=O. The molecule has 2 nitrogen and oxygen atoms in total. The Balaban J connectivity index is 0. The summed E-state index contributed by atoms with van der Waals surface area (Å²) in [7, 11) is 0. The van der Waals surface area contributed by atoms with Gasteiger partial charge in [0.05, 0.1) is 6.61 Å². The fourth-order valence-electron chi connectivity index (χ4n) is 0.747. The highest BCUT2D eigenvalue weighted by Crippen LogP contribution is 1.98. The van der Waals surface area contributed by atoms with E-state index >= 15 is 0 Å². The van der Waals surface area contributed by atoms with Gasteiger partial charge in [0.1, 0.15) is 0 Å². The van der Waals surface area contributed by atoms with Crippen LogP contribution in [0.5, 0.6) is 0 Å². The van der Waals surface area contributed by atoms with E-state index in [1.807, 2.05) is 0 Å². The molecule has 0 bridgehead atoms. The molecule has 0 aromatic rings. The van der Waals surface area contributed by atoms with Gasteiger partial charge in [-0.1, -0.05) is 31.9 Å². The van der Waals surface area contributed by atoms with Crippen molar-refractivity contribution >= 4 is 6.47 Å². The van der Waals surface area contributed by atoms with Gasteiger partial charge in [-0.25, -0.2) is 0 Å². The van der Waals surface area contributed by atoms with E-state index in [1.54, 1.807) is 6.92 Å². The second kappa shape index (κ2) is 17.3. The van der Waals surface area contributed by atoms with E-state index in [-0.39, 0.29) is 0 Å². The third-order valence-electron chi connectivity index (χ3n) is 1.44. The summed E-state index contributed by atoms with van der Waals surface area (Å²) < 4.78 is 4.15. The smallest absolute Gasteiger partial charge is 0.293 e. The Hall–Kier alpha value is -0.790. The minimum Gasteiger partial charge on any atom is -0.468 e. The van der Waals surface area contributed by atoms with Crippen molar-refractivity contribution in [2.75, 3.05) is 6.61 Å². The lowest BCUT2D eigenvalue weighted by Crippen LogP contribution is -1.80. The predicted octanol–water partition coefficient (Wildman–Crippen LogP) is 3.32. The Morgan fingerprint density at radius 2 is 1.92 bits per heavy atom. The molecular weight excluding hydrogens is 164 g/mol. The van der Waals surface area contributed by atoms with Crippen molar-refractivity contribution in [1.82, 2.24) is 0 Å². The zero-order valence-corrected chi connectivity index (χ0v) is 9.08. The third-order valence-corrected chi connectivity index (χ3v) is 1.44.